The summed E-state index contributed by atoms with van der Waals surface area (Å²) in [4.78, 5) is 23.4. The van der Waals surface area contributed by atoms with Gasteiger partial charge in [-0.05, 0) is 54.8 Å². The SMILES string of the molecule is COc1ccc(-c2nc(-c3cc(C(=O)N4CCN(Cc5ccccc5)CC4)c(C)n3CCc3ccccc3)cs2)cc1. The molecule has 5 aromatic rings. The number of aromatic nitrogens is 2. The van der Waals surface area contributed by atoms with Crippen LogP contribution >= 0.6 is 11.3 Å². The fourth-order valence-electron chi connectivity index (χ4n) is 5.63. The summed E-state index contributed by atoms with van der Waals surface area (Å²) in [6.45, 7) is 6.98. The minimum absolute atomic E-state index is 0.108. The number of carbonyl (C=O) groups is 1. The Labute approximate surface area is 251 Å². The molecule has 1 aliphatic rings. The zero-order valence-electron chi connectivity index (χ0n) is 24.2. The Balaban J connectivity index is 1.24. The Morgan fingerprint density at radius 2 is 1.55 bits per heavy atom. The molecular formula is C35H36N4O2S. The van der Waals surface area contributed by atoms with E-state index in [-0.39, 0.29) is 5.91 Å². The lowest BCUT2D eigenvalue weighted by atomic mass is 10.1. The van der Waals surface area contributed by atoms with Crippen LogP contribution in [0.4, 0.5) is 0 Å². The smallest absolute Gasteiger partial charge is 0.255 e. The van der Waals surface area contributed by atoms with Crippen molar-refractivity contribution in [3.8, 4) is 27.7 Å². The summed E-state index contributed by atoms with van der Waals surface area (Å²) >= 11 is 1.62. The predicted octanol–water partition coefficient (Wildman–Crippen LogP) is 6.80. The van der Waals surface area contributed by atoms with Gasteiger partial charge >= 0.3 is 0 Å². The van der Waals surface area contributed by atoms with Gasteiger partial charge < -0.3 is 14.2 Å². The Morgan fingerprint density at radius 3 is 2.21 bits per heavy atom. The van der Waals surface area contributed by atoms with Gasteiger partial charge in [-0.15, -0.1) is 11.3 Å². The van der Waals surface area contributed by atoms with Crippen molar-refractivity contribution in [1.82, 2.24) is 19.4 Å². The monoisotopic (exact) mass is 576 g/mol. The second-order valence-electron chi connectivity index (χ2n) is 10.7. The third kappa shape index (κ3) is 6.17. The van der Waals surface area contributed by atoms with E-state index in [1.54, 1.807) is 18.4 Å². The van der Waals surface area contributed by atoms with Gasteiger partial charge in [0.25, 0.3) is 5.91 Å². The summed E-state index contributed by atoms with van der Waals surface area (Å²) in [6, 6.07) is 31.1. The van der Waals surface area contributed by atoms with E-state index in [0.717, 1.165) is 84.7 Å². The summed E-state index contributed by atoms with van der Waals surface area (Å²) < 4.78 is 7.60. The van der Waals surface area contributed by atoms with E-state index >= 15 is 0 Å². The average molecular weight is 577 g/mol. The Hall–Kier alpha value is -4.20. The number of piperazine rings is 1. The second kappa shape index (κ2) is 12.8. The lowest BCUT2D eigenvalue weighted by Crippen LogP contribution is -2.48. The number of hydrogen-bond donors (Lipinski definition) is 0. The molecule has 6 nitrogen and oxygen atoms in total. The van der Waals surface area contributed by atoms with Crippen molar-refractivity contribution in [2.24, 2.45) is 0 Å². The van der Waals surface area contributed by atoms with Crippen LogP contribution < -0.4 is 4.74 Å². The van der Waals surface area contributed by atoms with Crippen molar-refractivity contribution in [1.29, 1.82) is 0 Å². The zero-order valence-corrected chi connectivity index (χ0v) is 25.0. The first-order valence-electron chi connectivity index (χ1n) is 14.5. The highest BCUT2D eigenvalue weighted by Gasteiger charge is 2.27. The van der Waals surface area contributed by atoms with Gasteiger partial charge in [0.1, 0.15) is 10.8 Å². The molecule has 0 unspecified atom stereocenters. The number of benzene rings is 3. The van der Waals surface area contributed by atoms with Gasteiger partial charge in [-0.25, -0.2) is 4.98 Å². The maximum atomic E-state index is 13.9. The second-order valence-corrected chi connectivity index (χ2v) is 11.6. The first-order chi connectivity index (χ1) is 20.6. The summed E-state index contributed by atoms with van der Waals surface area (Å²) in [5, 5.41) is 3.05. The summed E-state index contributed by atoms with van der Waals surface area (Å²) in [5.41, 5.74) is 7.29. The topological polar surface area (TPSA) is 50.6 Å². The minimum Gasteiger partial charge on any atom is -0.497 e. The van der Waals surface area contributed by atoms with Gasteiger partial charge in [-0.3, -0.25) is 9.69 Å². The van der Waals surface area contributed by atoms with E-state index < -0.39 is 0 Å². The van der Waals surface area contributed by atoms with Crippen LogP contribution in [0.1, 0.15) is 27.2 Å². The molecule has 0 saturated carbocycles. The number of ether oxygens (including phenoxy) is 1. The fourth-order valence-corrected chi connectivity index (χ4v) is 6.45. The molecule has 0 atom stereocenters. The molecule has 3 aromatic carbocycles. The van der Waals surface area contributed by atoms with Crippen LogP contribution in [0.2, 0.25) is 0 Å². The van der Waals surface area contributed by atoms with Crippen molar-refractivity contribution in [2.45, 2.75) is 26.4 Å². The van der Waals surface area contributed by atoms with Gasteiger partial charge in [-0.2, -0.15) is 0 Å². The minimum atomic E-state index is 0.108. The van der Waals surface area contributed by atoms with Crippen LogP contribution in [-0.4, -0.2) is 58.5 Å². The van der Waals surface area contributed by atoms with E-state index in [4.69, 9.17) is 9.72 Å². The molecule has 0 radical (unpaired) electrons. The zero-order chi connectivity index (χ0) is 28.9. The highest BCUT2D eigenvalue weighted by molar-refractivity contribution is 7.13. The van der Waals surface area contributed by atoms with E-state index in [1.807, 2.05) is 41.3 Å². The number of carbonyl (C=O) groups excluding carboxylic acids is 1. The molecule has 214 valence electrons. The standard InChI is InChI=1S/C35H36N4O2S/c1-26-31(35(40)38-21-19-37(20-22-38)24-28-11-7-4-8-12-28)23-33(39(26)18-17-27-9-5-3-6-10-27)32-25-42-34(36-32)29-13-15-30(41-2)16-14-29/h3-16,23,25H,17-22,24H2,1-2H3. The fraction of sp³-hybridized carbons (Fsp3) is 0.257. The molecule has 0 bridgehead atoms. The number of thiazole rings is 1. The van der Waals surface area contributed by atoms with Crippen LogP contribution in [-0.2, 0) is 19.5 Å². The molecule has 42 heavy (non-hydrogen) atoms. The molecule has 2 aromatic heterocycles. The van der Waals surface area contributed by atoms with E-state index in [1.165, 1.54) is 11.1 Å². The first kappa shape index (κ1) is 27.9. The third-order valence-electron chi connectivity index (χ3n) is 8.08. The van der Waals surface area contributed by atoms with Gasteiger partial charge in [0.15, 0.2) is 0 Å². The maximum absolute atomic E-state index is 13.9. The number of hydrogen-bond acceptors (Lipinski definition) is 5. The number of methoxy groups -OCH3 is 1. The van der Waals surface area contributed by atoms with Gasteiger partial charge in [0.05, 0.1) is 24.1 Å². The Bertz CT molecular complexity index is 1620. The summed E-state index contributed by atoms with van der Waals surface area (Å²) in [7, 11) is 1.67. The Kier molecular flexibility index (Phi) is 8.49. The molecule has 1 aliphatic heterocycles. The van der Waals surface area contributed by atoms with E-state index in [0.29, 0.717) is 0 Å². The van der Waals surface area contributed by atoms with Gasteiger partial charge in [-0.1, -0.05) is 60.7 Å². The Morgan fingerprint density at radius 1 is 0.881 bits per heavy atom. The third-order valence-corrected chi connectivity index (χ3v) is 8.97. The quantitative estimate of drug-likeness (QED) is 0.194. The summed E-state index contributed by atoms with van der Waals surface area (Å²) in [5.74, 6) is 0.933. The maximum Gasteiger partial charge on any atom is 0.255 e. The average Bonchev–Trinajstić information content (AvgIpc) is 3.66. The molecular weight excluding hydrogens is 540 g/mol. The first-order valence-corrected chi connectivity index (χ1v) is 15.4. The molecule has 1 fully saturated rings. The van der Waals surface area contributed by atoms with Crippen LogP contribution in [0.25, 0.3) is 22.0 Å². The summed E-state index contributed by atoms with van der Waals surface area (Å²) in [6.07, 6.45) is 0.880. The van der Waals surface area contributed by atoms with Crippen molar-refractivity contribution >= 4 is 17.2 Å². The van der Waals surface area contributed by atoms with Crippen molar-refractivity contribution in [3.05, 3.63) is 119 Å². The number of rotatable bonds is 9. The molecule has 0 aliphatic carbocycles. The number of nitrogens with zero attached hydrogens (tertiary/aromatic N) is 4. The van der Waals surface area contributed by atoms with Crippen molar-refractivity contribution < 1.29 is 9.53 Å². The van der Waals surface area contributed by atoms with E-state index in [2.05, 4.69) is 76.4 Å². The largest absolute Gasteiger partial charge is 0.497 e. The highest BCUT2D eigenvalue weighted by atomic mass is 32.1. The lowest BCUT2D eigenvalue weighted by molar-refractivity contribution is 0.0627. The molecule has 6 rings (SSSR count). The molecule has 1 amide bonds. The van der Waals surface area contributed by atoms with Crippen LogP contribution in [0.5, 0.6) is 5.75 Å². The molecule has 0 N–H and O–H groups in total. The predicted molar refractivity (Wildman–Crippen MR) is 170 cm³/mol. The number of amides is 1. The van der Waals surface area contributed by atoms with Crippen molar-refractivity contribution in [2.75, 3.05) is 33.3 Å². The molecule has 3 heterocycles. The van der Waals surface area contributed by atoms with Crippen LogP contribution in [0.15, 0.2) is 96.4 Å². The molecule has 7 heteroatoms. The molecule has 0 spiro atoms. The van der Waals surface area contributed by atoms with Crippen LogP contribution in [0.3, 0.4) is 0 Å². The van der Waals surface area contributed by atoms with Crippen molar-refractivity contribution in [3.63, 3.8) is 0 Å². The van der Waals surface area contributed by atoms with E-state index in [9.17, 15) is 4.79 Å². The highest BCUT2D eigenvalue weighted by Crippen LogP contribution is 2.33. The van der Waals surface area contributed by atoms with Crippen LogP contribution in [0, 0.1) is 6.92 Å². The number of aryl methyl sites for hydroxylation is 1. The van der Waals surface area contributed by atoms with Gasteiger partial charge in [0, 0.05) is 55.9 Å². The normalized spacial score (nSPS) is 13.8. The lowest BCUT2D eigenvalue weighted by Gasteiger charge is -2.34. The van der Waals surface area contributed by atoms with Gasteiger partial charge in [0.2, 0.25) is 0 Å². The molecule has 1 saturated heterocycles.